The maximum atomic E-state index is 10.5. The van der Waals surface area contributed by atoms with Gasteiger partial charge in [0.25, 0.3) is 0 Å². The average Bonchev–Trinajstić information content (AvgIpc) is 1.98. The predicted molar refractivity (Wildman–Crippen MR) is 30.8 cm³/mol. The number of allylic oxidation sites excluding steroid dienone is 1. The highest BCUT2D eigenvalue weighted by atomic mass is 16.2. The first-order valence-electron chi connectivity index (χ1n) is 2.22. The third kappa shape index (κ3) is 0.521. The Morgan fingerprint density at radius 2 is 2.50 bits per heavy atom. The van der Waals surface area contributed by atoms with Crippen LogP contribution in [-0.2, 0) is 0 Å². The van der Waals surface area contributed by atoms with E-state index in [1.807, 2.05) is 0 Å². The molecule has 1 aliphatic rings. The van der Waals surface area contributed by atoms with Crippen LogP contribution >= 0.6 is 0 Å². The van der Waals surface area contributed by atoms with Crippen LogP contribution in [0, 0.1) is 0 Å². The van der Waals surface area contributed by atoms with Crippen molar-refractivity contribution >= 4 is 12.2 Å². The maximum Gasteiger partial charge on any atom is 0.347 e. The molecule has 0 N–H and O–H groups in total. The summed E-state index contributed by atoms with van der Waals surface area (Å²) < 4.78 is 0. The second-order valence-electron chi connectivity index (χ2n) is 1.59. The molecule has 0 aromatic rings. The quantitative estimate of drug-likeness (QED) is 0.450. The molecule has 3 nitrogen and oxygen atoms in total. The molecule has 8 heavy (non-hydrogen) atoms. The van der Waals surface area contributed by atoms with Crippen molar-refractivity contribution in [3.63, 3.8) is 0 Å². The summed E-state index contributed by atoms with van der Waals surface area (Å²) in [4.78, 5) is 15.3. The van der Waals surface area contributed by atoms with Crippen molar-refractivity contribution in [2.45, 2.75) is 0 Å². The Balaban J connectivity index is 2.84. The topological polar surface area (TPSA) is 32.7 Å². The van der Waals surface area contributed by atoms with Crippen molar-refractivity contribution < 1.29 is 4.79 Å². The minimum atomic E-state index is -0.241. The Kier molecular flexibility index (Phi) is 0.901. The molecule has 0 fully saturated rings. The second kappa shape index (κ2) is 1.43. The standard InChI is InChI=1S/C5H6N2O/c1-4-3-6-5(8)7(4)2/h3H,1H2,2H3. The third-order valence-corrected chi connectivity index (χ3v) is 1.04. The molecular weight excluding hydrogens is 104 g/mol. The smallest absolute Gasteiger partial charge is 0.295 e. The number of hydrogen-bond acceptors (Lipinski definition) is 1. The molecular formula is C5H6N2O. The number of hydrogen-bond donors (Lipinski definition) is 0. The SMILES string of the molecule is C=C1C=NC(=O)N1C. The molecule has 1 aliphatic heterocycles. The fourth-order valence-electron chi connectivity index (χ4n) is 0.426. The predicted octanol–water partition coefficient (Wildman–Crippen LogP) is 0.636. The largest absolute Gasteiger partial charge is 0.347 e. The highest BCUT2D eigenvalue weighted by molar-refractivity contribution is 5.99. The van der Waals surface area contributed by atoms with Gasteiger partial charge in [-0.25, -0.2) is 4.79 Å². The molecule has 0 saturated heterocycles. The van der Waals surface area contributed by atoms with E-state index < -0.39 is 0 Å². The van der Waals surface area contributed by atoms with Gasteiger partial charge in [0.1, 0.15) is 0 Å². The summed E-state index contributed by atoms with van der Waals surface area (Å²) in [6, 6.07) is -0.241. The van der Waals surface area contributed by atoms with E-state index in [4.69, 9.17) is 0 Å². The van der Waals surface area contributed by atoms with Crippen molar-refractivity contribution in [2.75, 3.05) is 7.05 Å². The molecule has 0 bridgehead atoms. The average molecular weight is 110 g/mol. The van der Waals surface area contributed by atoms with Crippen molar-refractivity contribution in [3.05, 3.63) is 12.3 Å². The van der Waals surface area contributed by atoms with Crippen LogP contribution in [0.3, 0.4) is 0 Å². The molecule has 0 spiro atoms. The minimum Gasteiger partial charge on any atom is -0.295 e. The van der Waals surface area contributed by atoms with Gasteiger partial charge in [-0.3, -0.25) is 4.90 Å². The van der Waals surface area contributed by atoms with E-state index in [1.165, 1.54) is 11.1 Å². The van der Waals surface area contributed by atoms with E-state index in [0.717, 1.165) is 0 Å². The maximum absolute atomic E-state index is 10.5. The van der Waals surface area contributed by atoms with Crippen LogP contribution in [0.4, 0.5) is 4.79 Å². The molecule has 0 aliphatic carbocycles. The molecule has 0 unspecified atom stereocenters. The molecule has 0 atom stereocenters. The molecule has 0 radical (unpaired) electrons. The van der Waals surface area contributed by atoms with E-state index in [0.29, 0.717) is 5.70 Å². The Morgan fingerprint density at radius 1 is 1.88 bits per heavy atom. The summed E-state index contributed by atoms with van der Waals surface area (Å²) in [6.45, 7) is 3.54. The lowest BCUT2D eigenvalue weighted by atomic mass is 10.5. The highest BCUT2D eigenvalue weighted by Crippen LogP contribution is 2.04. The number of rotatable bonds is 0. The molecule has 2 amide bonds. The molecule has 0 saturated carbocycles. The first-order valence-corrected chi connectivity index (χ1v) is 2.22. The van der Waals surface area contributed by atoms with Crippen LogP contribution in [0.5, 0.6) is 0 Å². The first kappa shape index (κ1) is 5.03. The van der Waals surface area contributed by atoms with Gasteiger partial charge in [-0.05, 0) is 0 Å². The fourth-order valence-corrected chi connectivity index (χ4v) is 0.426. The van der Waals surface area contributed by atoms with Crippen LogP contribution in [0.1, 0.15) is 0 Å². The second-order valence-corrected chi connectivity index (χ2v) is 1.59. The first-order chi connectivity index (χ1) is 3.72. The zero-order valence-electron chi connectivity index (χ0n) is 4.59. The number of carbonyl (C=O) groups is 1. The molecule has 42 valence electrons. The fraction of sp³-hybridized carbons (Fsp3) is 0.200. The summed E-state index contributed by atoms with van der Waals surface area (Å²) in [6.07, 6.45) is 1.45. The van der Waals surface area contributed by atoms with Crippen LogP contribution in [0.2, 0.25) is 0 Å². The summed E-state index contributed by atoms with van der Waals surface area (Å²) >= 11 is 0. The van der Waals surface area contributed by atoms with Crippen LogP contribution in [0.25, 0.3) is 0 Å². The monoisotopic (exact) mass is 110 g/mol. The summed E-state index contributed by atoms with van der Waals surface area (Å²) in [5, 5.41) is 0. The highest BCUT2D eigenvalue weighted by Gasteiger charge is 2.13. The summed E-state index contributed by atoms with van der Waals surface area (Å²) in [5.74, 6) is 0. The number of urea groups is 1. The van der Waals surface area contributed by atoms with Crippen molar-refractivity contribution in [1.82, 2.24) is 4.90 Å². The summed E-state index contributed by atoms with van der Waals surface area (Å²) in [7, 11) is 1.64. The van der Waals surface area contributed by atoms with Gasteiger partial charge in [-0.1, -0.05) is 6.58 Å². The van der Waals surface area contributed by atoms with Gasteiger partial charge in [0.2, 0.25) is 0 Å². The van der Waals surface area contributed by atoms with Crippen molar-refractivity contribution in [3.8, 4) is 0 Å². The van der Waals surface area contributed by atoms with Gasteiger partial charge in [0.15, 0.2) is 0 Å². The van der Waals surface area contributed by atoms with Gasteiger partial charge >= 0.3 is 6.03 Å². The lowest BCUT2D eigenvalue weighted by Crippen LogP contribution is -2.15. The number of amides is 2. The van der Waals surface area contributed by atoms with Gasteiger partial charge < -0.3 is 0 Å². The molecule has 3 heteroatoms. The van der Waals surface area contributed by atoms with E-state index >= 15 is 0 Å². The Morgan fingerprint density at radius 3 is 2.62 bits per heavy atom. The number of aliphatic imine (C=N–C) groups is 1. The Labute approximate surface area is 47.3 Å². The van der Waals surface area contributed by atoms with Crippen molar-refractivity contribution in [1.29, 1.82) is 0 Å². The van der Waals surface area contributed by atoms with Gasteiger partial charge in [-0.15, -0.1) is 0 Å². The summed E-state index contributed by atoms with van der Waals surface area (Å²) in [5.41, 5.74) is 0.648. The van der Waals surface area contributed by atoms with Gasteiger partial charge in [0.05, 0.1) is 11.9 Å². The lowest BCUT2D eigenvalue weighted by Gasteiger charge is -2.04. The van der Waals surface area contributed by atoms with Crippen LogP contribution in [-0.4, -0.2) is 24.2 Å². The molecule has 0 aromatic carbocycles. The zero-order valence-corrected chi connectivity index (χ0v) is 4.59. The van der Waals surface area contributed by atoms with E-state index in [9.17, 15) is 4.79 Å². The minimum absolute atomic E-state index is 0.241. The van der Waals surface area contributed by atoms with Crippen LogP contribution < -0.4 is 0 Å². The van der Waals surface area contributed by atoms with Gasteiger partial charge in [0, 0.05) is 7.05 Å². The molecule has 1 rings (SSSR count). The Hall–Kier alpha value is -1.12. The zero-order chi connectivity index (χ0) is 6.15. The van der Waals surface area contributed by atoms with E-state index in [1.54, 1.807) is 7.05 Å². The van der Waals surface area contributed by atoms with E-state index in [2.05, 4.69) is 11.6 Å². The molecule has 1 heterocycles. The van der Waals surface area contributed by atoms with Gasteiger partial charge in [-0.2, -0.15) is 4.99 Å². The van der Waals surface area contributed by atoms with Crippen molar-refractivity contribution in [2.24, 2.45) is 4.99 Å². The normalized spacial score (nSPS) is 18.4. The van der Waals surface area contributed by atoms with Crippen LogP contribution in [0.15, 0.2) is 17.3 Å². The van der Waals surface area contributed by atoms with E-state index in [-0.39, 0.29) is 6.03 Å². The number of carbonyl (C=O) groups excluding carboxylic acids is 1. The Bertz CT molecular complexity index is 153. The molecule has 0 aromatic heterocycles. The number of nitrogens with zero attached hydrogens (tertiary/aromatic N) is 2. The third-order valence-electron chi connectivity index (χ3n) is 1.04. The lowest BCUT2D eigenvalue weighted by molar-refractivity contribution is 0.233.